The molecule has 14 heavy (non-hydrogen) atoms. The van der Waals surface area contributed by atoms with Gasteiger partial charge in [-0.05, 0) is 6.42 Å². The summed E-state index contributed by atoms with van der Waals surface area (Å²) in [5.41, 5.74) is 6.64. The van der Waals surface area contributed by atoms with Crippen molar-refractivity contribution < 1.29 is 0 Å². The molecule has 0 saturated carbocycles. The van der Waals surface area contributed by atoms with Crippen LogP contribution in [-0.2, 0) is 13.0 Å². The molecule has 0 bridgehead atoms. The van der Waals surface area contributed by atoms with Gasteiger partial charge in [0.1, 0.15) is 5.01 Å². The van der Waals surface area contributed by atoms with Crippen LogP contribution in [0.1, 0.15) is 17.6 Å². The standard InChI is InChI=1S/C8H11N5S/c1-2-6-8(9)11-12-13(6)5-7-10-3-4-14-7/h3-4H,2,5,9H2,1H3. The van der Waals surface area contributed by atoms with Crippen LogP contribution in [0, 0.1) is 0 Å². The molecule has 0 aliphatic heterocycles. The van der Waals surface area contributed by atoms with Gasteiger partial charge in [-0.15, -0.1) is 16.4 Å². The Morgan fingerprint density at radius 1 is 1.57 bits per heavy atom. The van der Waals surface area contributed by atoms with E-state index in [0.717, 1.165) is 17.1 Å². The fraction of sp³-hybridized carbons (Fsp3) is 0.375. The van der Waals surface area contributed by atoms with Gasteiger partial charge in [0.2, 0.25) is 0 Å². The van der Waals surface area contributed by atoms with Crippen LogP contribution in [0.5, 0.6) is 0 Å². The summed E-state index contributed by atoms with van der Waals surface area (Å²) in [4.78, 5) is 4.19. The molecule has 2 heterocycles. The second kappa shape index (κ2) is 3.75. The molecule has 74 valence electrons. The Balaban J connectivity index is 2.25. The van der Waals surface area contributed by atoms with E-state index in [-0.39, 0.29) is 0 Å². The molecule has 0 amide bonds. The summed E-state index contributed by atoms with van der Waals surface area (Å²) in [5.74, 6) is 0.518. The minimum absolute atomic E-state index is 0.518. The van der Waals surface area contributed by atoms with Gasteiger partial charge in [-0.2, -0.15) is 0 Å². The number of aromatic nitrogens is 4. The van der Waals surface area contributed by atoms with Crippen molar-refractivity contribution in [2.24, 2.45) is 0 Å². The third-order valence-electron chi connectivity index (χ3n) is 1.97. The monoisotopic (exact) mass is 209 g/mol. The maximum atomic E-state index is 5.67. The second-order valence-electron chi connectivity index (χ2n) is 2.86. The highest BCUT2D eigenvalue weighted by molar-refractivity contribution is 7.09. The lowest BCUT2D eigenvalue weighted by Crippen LogP contribution is -2.06. The quantitative estimate of drug-likeness (QED) is 0.816. The van der Waals surface area contributed by atoms with Crippen molar-refractivity contribution >= 4 is 17.2 Å². The van der Waals surface area contributed by atoms with Crippen molar-refractivity contribution in [3.63, 3.8) is 0 Å². The zero-order chi connectivity index (χ0) is 9.97. The predicted octanol–water partition coefficient (Wildman–Crippen LogP) is 0.927. The number of nitrogens with zero attached hydrogens (tertiary/aromatic N) is 4. The summed E-state index contributed by atoms with van der Waals surface area (Å²) in [7, 11) is 0. The minimum atomic E-state index is 0.518. The van der Waals surface area contributed by atoms with E-state index in [4.69, 9.17) is 5.73 Å². The first-order valence-corrected chi connectivity index (χ1v) is 5.25. The van der Waals surface area contributed by atoms with Crippen LogP contribution in [-0.4, -0.2) is 20.0 Å². The number of hydrogen-bond acceptors (Lipinski definition) is 5. The zero-order valence-corrected chi connectivity index (χ0v) is 8.66. The lowest BCUT2D eigenvalue weighted by Gasteiger charge is -2.01. The highest BCUT2D eigenvalue weighted by atomic mass is 32.1. The molecule has 0 fully saturated rings. The van der Waals surface area contributed by atoms with Crippen molar-refractivity contribution in [1.29, 1.82) is 0 Å². The Kier molecular flexibility index (Phi) is 2.45. The Labute approximate surface area is 85.6 Å². The second-order valence-corrected chi connectivity index (χ2v) is 3.84. The molecule has 0 aromatic carbocycles. The molecule has 0 aliphatic rings. The van der Waals surface area contributed by atoms with Crippen LogP contribution in [0.4, 0.5) is 5.82 Å². The van der Waals surface area contributed by atoms with Crippen LogP contribution >= 0.6 is 11.3 Å². The van der Waals surface area contributed by atoms with Gasteiger partial charge in [-0.1, -0.05) is 12.1 Å². The number of thiazole rings is 1. The summed E-state index contributed by atoms with van der Waals surface area (Å²) in [5, 5.41) is 10.8. The average Bonchev–Trinajstić information content (AvgIpc) is 2.77. The van der Waals surface area contributed by atoms with E-state index >= 15 is 0 Å². The van der Waals surface area contributed by atoms with Gasteiger partial charge in [0.15, 0.2) is 5.82 Å². The van der Waals surface area contributed by atoms with Crippen molar-refractivity contribution in [2.75, 3.05) is 5.73 Å². The normalized spacial score (nSPS) is 10.6. The summed E-state index contributed by atoms with van der Waals surface area (Å²) in [6, 6.07) is 0. The third kappa shape index (κ3) is 1.60. The van der Waals surface area contributed by atoms with E-state index < -0.39 is 0 Å². The topological polar surface area (TPSA) is 69.6 Å². The van der Waals surface area contributed by atoms with Crippen molar-refractivity contribution in [1.82, 2.24) is 20.0 Å². The van der Waals surface area contributed by atoms with Crippen LogP contribution in [0.3, 0.4) is 0 Å². The molecular formula is C8H11N5S. The first-order valence-electron chi connectivity index (χ1n) is 4.37. The molecule has 0 saturated heterocycles. The molecule has 2 rings (SSSR count). The fourth-order valence-corrected chi connectivity index (χ4v) is 1.89. The molecule has 5 nitrogen and oxygen atoms in total. The van der Waals surface area contributed by atoms with E-state index in [1.54, 1.807) is 22.2 Å². The summed E-state index contributed by atoms with van der Waals surface area (Å²) in [6.07, 6.45) is 2.62. The summed E-state index contributed by atoms with van der Waals surface area (Å²) >= 11 is 1.61. The van der Waals surface area contributed by atoms with Crippen molar-refractivity contribution in [3.05, 3.63) is 22.3 Å². The van der Waals surface area contributed by atoms with Gasteiger partial charge >= 0.3 is 0 Å². The summed E-state index contributed by atoms with van der Waals surface area (Å²) < 4.78 is 1.80. The van der Waals surface area contributed by atoms with Gasteiger partial charge in [0.25, 0.3) is 0 Å². The molecule has 0 aliphatic carbocycles. The number of nitrogens with two attached hydrogens (primary N) is 1. The molecular weight excluding hydrogens is 198 g/mol. The van der Waals surface area contributed by atoms with Crippen molar-refractivity contribution in [3.8, 4) is 0 Å². The Hall–Kier alpha value is -1.43. The molecule has 2 aromatic rings. The van der Waals surface area contributed by atoms with E-state index in [1.807, 2.05) is 12.3 Å². The predicted molar refractivity (Wildman–Crippen MR) is 55.0 cm³/mol. The van der Waals surface area contributed by atoms with Gasteiger partial charge in [0, 0.05) is 11.6 Å². The maximum absolute atomic E-state index is 5.67. The Morgan fingerprint density at radius 3 is 3.07 bits per heavy atom. The summed E-state index contributed by atoms with van der Waals surface area (Å²) in [6.45, 7) is 2.69. The van der Waals surface area contributed by atoms with Gasteiger partial charge in [0.05, 0.1) is 12.2 Å². The lowest BCUT2D eigenvalue weighted by molar-refractivity contribution is 0.620. The molecule has 2 aromatic heterocycles. The van der Waals surface area contributed by atoms with Crippen LogP contribution in [0.15, 0.2) is 11.6 Å². The number of nitrogen functional groups attached to an aromatic ring is 1. The molecule has 0 radical (unpaired) electrons. The highest BCUT2D eigenvalue weighted by Gasteiger charge is 2.08. The van der Waals surface area contributed by atoms with E-state index in [1.165, 1.54) is 0 Å². The largest absolute Gasteiger partial charge is 0.381 e. The van der Waals surface area contributed by atoms with Crippen LogP contribution in [0.2, 0.25) is 0 Å². The number of hydrogen-bond donors (Lipinski definition) is 1. The average molecular weight is 209 g/mol. The zero-order valence-electron chi connectivity index (χ0n) is 7.84. The van der Waals surface area contributed by atoms with E-state index in [2.05, 4.69) is 15.3 Å². The first-order chi connectivity index (χ1) is 6.81. The molecule has 0 atom stereocenters. The highest BCUT2D eigenvalue weighted by Crippen LogP contribution is 2.12. The van der Waals surface area contributed by atoms with E-state index in [0.29, 0.717) is 12.4 Å². The third-order valence-corrected chi connectivity index (χ3v) is 2.74. The van der Waals surface area contributed by atoms with Crippen LogP contribution < -0.4 is 5.73 Å². The Bertz CT molecular complexity index is 405. The van der Waals surface area contributed by atoms with Gasteiger partial charge < -0.3 is 5.73 Å². The van der Waals surface area contributed by atoms with Gasteiger partial charge in [-0.25, -0.2) is 9.67 Å². The van der Waals surface area contributed by atoms with Gasteiger partial charge in [-0.3, -0.25) is 0 Å². The Morgan fingerprint density at radius 2 is 2.43 bits per heavy atom. The smallest absolute Gasteiger partial charge is 0.169 e. The first kappa shape index (κ1) is 9.14. The molecule has 0 spiro atoms. The van der Waals surface area contributed by atoms with Crippen LogP contribution in [0.25, 0.3) is 0 Å². The minimum Gasteiger partial charge on any atom is -0.381 e. The number of rotatable bonds is 3. The fourth-order valence-electron chi connectivity index (χ4n) is 1.30. The number of anilines is 1. The lowest BCUT2D eigenvalue weighted by atomic mass is 10.3. The molecule has 2 N–H and O–H groups in total. The SMILES string of the molecule is CCc1c(N)nnn1Cc1nccs1. The molecule has 6 heteroatoms. The molecule has 0 unspecified atom stereocenters. The van der Waals surface area contributed by atoms with Crippen molar-refractivity contribution in [2.45, 2.75) is 19.9 Å². The van der Waals surface area contributed by atoms with E-state index in [9.17, 15) is 0 Å². The maximum Gasteiger partial charge on any atom is 0.169 e.